The quantitative estimate of drug-likeness (QED) is 0.613. The van der Waals surface area contributed by atoms with E-state index in [9.17, 15) is 13.6 Å². The number of hydrogen-bond acceptors (Lipinski definition) is 4. The standard InChI is InChI=1S/C10H10F2INO3/c1-16-7(15)4-5-3-6(13)9(17-2)8(14-5)10(11)12/h3,10H,4H2,1-2H3. The van der Waals surface area contributed by atoms with Gasteiger partial charge in [-0.15, -0.1) is 0 Å². The lowest BCUT2D eigenvalue weighted by Crippen LogP contribution is -2.09. The van der Waals surface area contributed by atoms with E-state index in [1.165, 1.54) is 20.3 Å². The number of halogens is 3. The molecular weight excluding hydrogens is 347 g/mol. The normalized spacial score (nSPS) is 10.5. The summed E-state index contributed by atoms with van der Waals surface area (Å²) in [6.45, 7) is 0. The maximum atomic E-state index is 12.7. The zero-order valence-electron chi connectivity index (χ0n) is 9.17. The first-order valence-corrected chi connectivity index (χ1v) is 5.65. The van der Waals surface area contributed by atoms with Gasteiger partial charge >= 0.3 is 5.97 Å². The van der Waals surface area contributed by atoms with Crippen molar-refractivity contribution in [3.63, 3.8) is 0 Å². The Labute approximate surface area is 110 Å². The van der Waals surface area contributed by atoms with E-state index in [4.69, 9.17) is 4.74 Å². The zero-order chi connectivity index (χ0) is 13.0. The third-order valence-corrected chi connectivity index (χ3v) is 2.77. The highest BCUT2D eigenvalue weighted by Crippen LogP contribution is 2.32. The van der Waals surface area contributed by atoms with Crippen LogP contribution in [0.5, 0.6) is 5.75 Å². The van der Waals surface area contributed by atoms with Crippen molar-refractivity contribution < 1.29 is 23.0 Å². The first-order chi connectivity index (χ1) is 7.99. The monoisotopic (exact) mass is 357 g/mol. The molecule has 0 fully saturated rings. The van der Waals surface area contributed by atoms with Crippen LogP contribution in [0, 0.1) is 3.57 Å². The average molecular weight is 357 g/mol. The molecule has 1 rings (SSSR count). The van der Waals surface area contributed by atoms with Gasteiger partial charge in [-0.2, -0.15) is 0 Å². The van der Waals surface area contributed by atoms with Gasteiger partial charge in [0.25, 0.3) is 6.43 Å². The van der Waals surface area contributed by atoms with Gasteiger partial charge in [0.15, 0.2) is 5.75 Å². The molecule has 0 saturated carbocycles. The number of nitrogens with zero attached hydrogens (tertiary/aromatic N) is 1. The summed E-state index contributed by atoms with van der Waals surface area (Å²) >= 11 is 1.85. The van der Waals surface area contributed by atoms with Crippen LogP contribution in [0.15, 0.2) is 6.07 Å². The second kappa shape index (κ2) is 6.08. The first kappa shape index (κ1) is 14.1. The molecule has 1 aromatic heterocycles. The summed E-state index contributed by atoms with van der Waals surface area (Å²) < 4.78 is 35.3. The number of methoxy groups -OCH3 is 2. The SMILES string of the molecule is COC(=O)Cc1cc(I)c(OC)c(C(F)F)n1. The molecular formula is C10H10F2INO3. The maximum Gasteiger partial charge on any atom is 0.311 e. The molecule has 0 N–H and O–H groups in total. The molecule has 0 aliphatic heterocycles. The van der Waals surface area contributed by atoms with Crippen LogP contribution in [0.2, 0.25) is 0 Å². The van der Waals surface area contributed by atoms with Crippen LogP contribution < -0.4 is 4.74 Å². The van der Waals surface area contributed by atoms with Crippen molar-refractivity contribution in [2.45, 2.75) is 12.8 Å². The number of ether oxygens (including phenoxy) is 2. The van der Waals surface area contributed by atoms with Crippen LogP contribution in [-0.2, 0) is 16.0 Å². The van der Waals surface area contributed by atoms with Crippen LogP contribution in [0.4, 0.5) is 8.78 Å². The highest BCUT2D eigenvalue weighted by molar-refractivity contribution is 14.1. The van der Waals surface area contributed by atoms with Gasteiger partial charge in [-0.1, -0.05) is 0 Å². The Morgan fingerprint density at radius 3 is 2.65 bits per heavy atom. The summed E-state index contributed by atoms with van der Waals surface area (Å²) in [5.74, 6) is -0.493. The minimum atomic E-state index is -2.75. The predicted octanol–water partition coefficient (Wildman–Crippen LogP) is 2.35. The van der Waals surface area contributed by atoms with Crippen LogP contribution in [-0.4, -0.2) is 25.2 Å². The summed E-state index contributed by atoms with van der Waals surface area (Å²) in [6.07, 6.45) is -2.90. The highest BCUT2D eigenvalue weighted by atomic mass is 127. The summed E-state index contributed by atoms with van der Waals surface area (Å²) in [6, 6.07) is 1.52. The summed E-state index contributed by atoms with van der Waals surface area (Å²) in [5.41, 5.74) is -0.226. The Balaban J connectivity index is 3.15. The predicted molar refractivity (Wildman–Crippen MR) is 64.2 cm³/mol. The lowest BCUT2D eigenvalue weighted by atomic mass is 10.2. The molecule has 7 heteroatoms. The molecule has 0 radical (unpaired) electrons. The van der Waals surface area contributed by atoms with Gasteiger partial charge in [-0.3, -0.25) is 4.79 Å². The first-order valence-electron chi connectivity index (χ1n) is 4.57. The van der Waals surface area contributed by atoms with E-state index in [-0.39, 0.29) is 17.9 Å². The lowest BCUT2D eigenvalue weighted by Gasteiger charge is -2.11. The zero-order valence-corrected chi connectivity index (χ0v) is 11.3. The molecule has 0 saturated heterocycles. The molecule has 94 valence electrons. The van der Waals surface area contributed by atoms with Crippen molar-refractivity contribution in [2.75, 3.05) is 14.2 Å². The second-order valence-corrected chi connectivity index (χ2v) is 4.23. The summed E-state index contributed by atoms with van der Waals surface area (Å²) in [5, 5.41) is 0. The van der Waals surface area contributed by atoms with Gasteiger partial charge in [-0.25, -0.2) is 13.8 Å². The molecule has 0 unspecified atom stereocenters. The fourth-order valence-corrected chi connectivity index (χ4v) is 2.09. The minimum absolute atomic E-state index is 0.0363. The Morgan fingerprint density at radius 1 is 1.53 bits per heavy atom. The molecule has 4 nitrogen and oxygen atoms in total. The average Bonchev–Trinajstić information content (AvgIpc) is 2.28. The molecule has 1 heterocycles. The summed E-state index contributed by atoms with van der Waals surface area (Å²) in [7, 11) is 2.52. The highest BCUT2D eigenvalue weighted by Gasteiger charge is 2.20. The molecule has 0 aromatic carbocycles. The maximum absolute atomic E-state index is 12.7. The number of rotatable bonds is 4. The van der Waals surface area contributed by atoms with Crippen molar-refractivity contribution in [3.05, 3.63) is 21.0 Å². The molecule has 0 aliphatic carbocycles. The van der Waals surface area contributed by atoms with E-state index < -0.39 is 18.1 Å². The van der Waals surface area contributed by atoms with Gasteiger partial charge in [-0.05, 0) is 28.7 Å². The van der Waals surface area contributed by atoms with Crippen molar-refractivity contribution in [1.29, 1.82) is 0 Å². The van der Waals surface area contributed by atoms with E-state index in [0.717, 1.165) is 0 Å². The Bertz CT molecular complexity index is 426. The number of carbonyl (C=O) groups excluding carboxylic acids is 1. The Morgan fingerprint density at radius 2 is 2.18 bits per heavy atom. The van der Waals surface area contributed by atoms with Crippen LogP contribution >= 0.6 is 22.6 Å². The van der Waals surface area contributed by atoms with Gasteiger partial charge in [0.1, 0.15) is 5.69 Å². The largest absolute Gasteiger partial charge is 0.493 e. The molecule has 0 bridgehead atoms. The number of pyridine rings is 1. The van der Waals surface area contributed by atoms with Crippen molar-refractivity contribution >= 4 is 28.6 Å². The lowest BCUT2D eigenvalue weighted by molar-refractivity contribution is -0.139. The van der Waals surface area contributed by atoms with Crippen molar-refractivity contribution in [1.82, 2.24) is 4.98 Å². The van der Waals surface area contributed by atoms with Crippen LogP contribution in [0.3, 0.4) is 0 Å². The smallest absolute Gasteiger partial charge is 0.311 e. The van der Waals surface area contributed by atoms with E-state index in [2.05, 4.69) is 9.72 Å². The number of esters is 1. The van der Waals surface area contributed by atoms with Gasteiger partial charge < -0.3 is 9.47 Å². The van der Waals surface area contributed by atoms with Crippen molar-refractivity contribution in [2.24, 2.45) is 0 Å². The molecule has 0 aliphatic rings. The molecule has 1 aromatic rings. The van der Waals surface area contributed by atoms with Crippen molar-refractivity contribution in [3.8, 4) is 5.75 Å². The second-order valence-electron chi connectivity index (χ2n) is 3.07. The number of hydrogen-bond donors (Lipinski definition) is 0. The third-order valence-electron chi connectivity index (χ3n) is 1.97. The summed E-state index contributed by atoms with van der Waals surface area (Å²) in [4.78, 5) is 14.8. The van der Waals surface area contributed by atoms with E-state index >= 15 is 0 Å². The Kier molecular flexibility index (Phi) is 5.03. The Hall–Kier alpha value is -0.990. The molecule has 17 heavy (non-hydrogen) atoms. The molecule has 0 amide bonds. The van der Waals surface area contributed by atoms with Crippen LogP contribution in [0.25, 0.3) is 0 Å². The van der Waals surface area contributed by atoms with Gasteiger partial charge in [0, 0.05) is 0 Å². The fraction of sp³-hybridized carbons (Fsp3) is 0.400. The van der Waals surface area contributed by atoms with E-state index in [0.29, 0.717) is 3.57 Å². The third kappa shape index (κ3) is 3.48. The van der Waals surface area contributed by atoms with Gasteiger partial charge in [0.05, 0.1) is 29.9 Å². The number of carbonyl (C=O) groups is 1. The fourth-order valence-electron chi connectivity index (χ4n) is 1.23. The number of aromatic nitrogens is 1. The van der Waals surface area contributed by atoms with Crippen LogP contribution in [0.1, 0.15) is 17.8 Å². The molecule has 0 atom stereocenters. The molecule has 0 spiro atoms. The minimum Gasteiger partial charge on any atom is -0.493 e. The van der Waals surface area contributed by atoms with Gasteiger partial charge in [0.2, 0.25) is 0 Å². The van der Waals surface area contributed by atoms with E-state index in [1.807, 2.05) is 22.6 Å². The topological polar surface area (TPSA) is 48.4 Å². The van der Waals surface area contributed by atoms with E-state index in [1.54, 1.807) is 0 Å². The number of alkyl halides is 2.